The third-order valence-corrected chi connectivity index (χ3v) is 10.8. The van der Waals surface area contributed by atoms with Crippen LogP contribution in [0.2, 0.25) is 0 Å². The topological polar surface area (TPSA) is 25.8 Å². The minimum absolute atomic E-state index is 0.975. The smallest absolute Gasteiger partial charge is 0.116 e. The lowest BCUT2D eigenvalue weighted by atomic mass is 9.96. The molecule has 3 aromatic heterocycles. The molecule has 0 aliphatic heterocycles. The molecule has 9 rings (SSSR count). The van der Waals surface area contributed by atoms with Gasteiger partial charge in [-0.3, -0.25) is 0 Å². The zero-order valence-corrected chi connectivity index (χ0v) is 25.2. The van der Waals surface area contributed by atoms with Crippen LogP contribution in [0.4, 0.5) is 0 Å². The third kappa shape index (κ3) is 4.15. The summed E-state index contributed by atoms with van der Waals surface area (Å²) in [7, 11) is 0. The molecule has 0 aliphatic carbocycles. The van der Waals surface area contributed by atoms with Gasteiger partial charge < -0.3 is 0 Å². The molecule has 0 atom stereocenters. The Balaban J connectivity index is 1.14. The number of fused-ring (bicyclic) bond motifs is 6. The lowest BCUT2D eigenvalue weighted by Crippen LogP contribution is -1.87. The van der Waals surface area contributed by atoms with Crippen LogP contribution in [0.5, 0.6) is 0 Å². The molecule has 0 spiro atoms. The molecule has 6 aromatic carbocycles. The second-order valence-corrected chi connectivity index (χ2v) is 13.1. The van der Waals surface area contributed by atoms with E-state index in [0.717, 1.165) is 21.5 Å². The summed E-state index contributed by atoms with van der Waals surface area (Å²) in [5, 5.41) is 3.82. The molecule has 0 unspecified atom stereocenters. The lowest BCUT2D eigenvalue weighted by molar-refractivity contribution is 1.24. The molecule has 0 saturated carbocycles. The van der Waals surface area contributed by atoms with Gasteiger partial charge >= 0.3 is 0 Å². The first-order chi connectivity index (χ1) is 21.8. The van der Waals surface area contributed by atoms with Gasteiger partial charge in [-0.2, -0.15) is 0 Å². The third-order valence-electron chi connectivity index (χ3n) is 8.40. The van der Waals surface area contributed by atoms with Gasteiger partial charge in [0.2, 0.25) is 0 Å². The second kappa shape index (κ2) is 10.2. The Bertz CT molecular complexity index is 2510. The molecule has 0 N–H and O–H groups in total. The quantitative estimate of drug-likeness (QED) is 0.202. The normalized spacial score (nSPS) is 11.6. The Hall–Kier alpha value is -5.16. The summed E-state index contributed by atoms with van der Waals surface area (Å²) in [5.74, 6) is 0. The summed E-state index contributed by atoms with van der Waals surface area (Å²) in [5.41, 5.74) is 10.3. The van der Waals surface area contributed by atoms with Crippen molar-refractivity contribution in [2.24, 2.45) is 0 Å². The van der Waals surface area contributed by atoms with Gasteiger partial charge in [0.15, 0.2) is 0 Å². The van der Waals surface area contributed by atoms with Crippen molar-refractivity contribution in [3.8, 4) is 44.6 Å². The summed E-state index contributed by atoms with van der Waals surface area (Å²) < 4.78 is 5.02. The van der Waals surface area contributed by atoms with Crippen molar-refractivity contribution >= 4 is 63.1 Å². The van der Waals surface area contributed by atoms with Gasteiger partial charge in [-0.15, -0.1) is 22.7 Å². The number of rotatable bonds is 4. The fourth-order valence-electron chi connectivity index (χ4n) is 6.28. The Morgan fingerprint density at radius 3 is 1.86 bits per heavy atom. The Kier molecular flexibility index (Phi) is 5.90. The first-order valence-corrected chi connectivity index (χ1v) is 16.3. The first-order valence-electron chi connectivity index (χ1n) is 14.6. The number of hydrogen-bond donors (Lipinski definition) is 0. The Morgan fingerprint density at radius 2 is 1.02 bits per heavy atom. The van der Waals surface area contributed by atoms with E-state index < -0.39 is 0 Å². The number of thiophene rings is 2. The van der Waals surface area contributed by atoms with Crippen molar-refractivity contribution in [2.45, 2.75) is 0 Å². The zero-order chi connectivity index (χ0) is 29.0. The number of benzene rings is 6. The monoisotopic (exact) mass is 596 g/mol. The summed E-state index contributed by atoms with van der Waals surface area (Å²) in [6.45, 7) is 0. The second-order valence-electron chi connectivity index (χ2n) is 11.0. The van der Waals surface area contributed by atoms with E-state index >= 15 is 0 Å². The van der Waals surface area contributed by atoms with E-state index in [4.69, 9.17) is 9.97 Å². The van der Waals surface area contributed by atoms with Crippen molar-refractivity contribution in [1.29, 1.82) is 0 Å². The van der Waals surface area contributed by atoms with Gasteiger partial charge in [0.1, 0.15) is 6.33 Å². The summed E-state index contributed by atoms with van der Waals surface area (Å²) in [6, 6.07) is 50.2. The SMILES string of the molecule is c1ccc(-c2cccc3c2sc2c(-c4cccc(-c5cccc(-c6ccc7sc8ccccc8c7c6)c5)c4)ncnc23)cc1. The highest BCUT2D eigenvalue weighted by Crippen LogP contribution is 2.43. The highest BCUT2D eigenvalue weighted by Gasteiger charge is 2.16. The van der Waals surface area contributed by atoms with Gasteiger partial charge in [0.25, 0.3) is 0 Å². The molecule has 0 bridgehead atoms. The standard InChI is InChI=1S/C40H24N2S2/c1-2-9-25(10-3-1)31-16-8-17-33-38-40(44-39(31)33)37(41-24-42-38)30-14-7-13-28(22-30)26-11-6-12-27(21-26)29-19-20-36-34(23-29)32-15-4-5-18-35(32)43-36/h1-24H. The van der Waals surface area contributed by atoms with E-state index in [2.05, 4.69) is 140 Å². The molecule has 0 radical (unpaired) electrons. The van der Waals surface area contributed by atoms with E-state index in [-0.39, 0.29) is 0 Å². The van der Waals surface area contributed by atoms with E-state index in [1.807, 2.05) is 11.3 Å². The average molecular weight is 597 g/mol. The first kappa shape index (κ1) is 25.3. The number of nitrogens with zero attached hydrogens (tertiary/aromatic N) is 2. The van der Waals surface area contributed by atoms with E-state index in [1.54, 1.807) is 17.7 Å². The molecule has 2 nitrogen and oxygen atoms in total. The van der Waals surface area contributed by atoms with Gasteiger partial charge in [-0.1, -0.05) is 109 Å². The molecule has 206 valence electrons. The maximum absolute atomic E-state index is 4.82. The van der Waals surface area contributed by atoms with Crippen LogP contribution >= 0.6 is 22.7 Å². The highest BCUT2D eigenvalue weighted by atomic mass is 32.1. The van der Waals surface area contributed by atoms with Crippen molar-refractivity contribution < 1.29 is 0 Å². The van der Waals surface area contributed by atoms with Crippen molar-refractivity contribution in [3.05, 3.63) is 146 Å². The predicted octanol–water partition coefficient (Wildman–Crippen LogP) is 11.9. The maximum Gasteiger partial charge on any atom is 0.116 e. The van der Waals surface area contributed by atoms with Gasteiger partial charge in [0.05, 0.1) is 15.9 Å². The molecule has 0 amide bonds. The van der Waals surface area contributed by atoms with Crippen molar-refractivity contribution in [3.63, 3.8) is 0 Å². The number of aromatic nitrogens is 2. The number of hydrogen-bond acceptors (Lipinski definition) is 4. The molecular formula is C40H24N2S2. The minimum Gasteiger partial charge on any atom is -0.235 e. The van der Waals surface area contributed by atoms with E-state index in [1.165, 1.54) is 63.6 Å². The minimum atomic E-state index is 0.975. The molecule has 9 aromatic rings. The Labute approximate surface area is 262 Å². The van der Waals surface area contributed by atoms with Crippen LogP contribution in [-0.4, -0.2) is 9.97 Å². The molecule has 0 saturated heterocycles. The highest BCUT2D eigenvalue weighted by molar-refractivity contribution is 7.27. The molecule has 4 heteroatoms. The van der Waals surface area contributed by atoms with E-state index in [0.29, 0.717) is 0 Å². The zero-order valence-electron chi connectivity index (χ0n) is 23.6. The van der Waals surface area contributed by atoms with E-state index in [9.17, 15) is 0 Å². The van der Waals surface area contributed by atoms with Crippen LogP contribution in [-0.2, 0) is 0 Å². The van der Waals surface area contributed by atoms with Gasteiger partial charge in [0, 0.05) is 35.8 Å². The molecule has 0 fully saturated rings. The molecule has 44 heavy (non-hydrogen) atoms. The van der Waals surface area contributed by atoms with Crippen molar-refractivity contribution in [1.82, 2.24) is 9.97 Å². The van der Waals surface area contributed by atoms with Crippen LogP contribution in [0.1, 0.15) is 0 Å². The predicted molar refractivity (Wildman–Crippen MR) is 190 cm³/mol. The summed E-state index contributed by atoms with van der Waals surface area (Å²) >= 11 is 3.64. The molecular weight excluding hydrogens is 573 g/mol. The molecule has 3 heterocycles. The molecule has 0 aliphatic rings. The fraction of sp³-hybridized carbons (Fsp3) is 0. The maximum atomic E-state index is 4.82. The fourth-order valence-corrected chi connectivity index (χ4v) is 8.67. The lowest BCUT2D eigenvalue weighted by Gasteiger charge is -2.09. The summed E-state index contributed by atoms with van der Waals surface area (Å²) in [6.07, 6.45) is 1.70. The van der Waals surface area contributed by atoms with Gasteiger partial charge in [-0.05, 0) is 63.7 Å². The van der Waals surface area contributed by atoms with Crippen LogP contribution in [0.3, 0.4) is 0 Å². The van der Waals surface area contributed by atoms with Crippen LogP contribution in [0, 0.1) is 0 Å². The largest absolute Gasteiger partial charge is 0.235 e. The van der Waals surface area contributed by atoms with Crippen molar-refractivity contribution in [2.75, 3.05) is 0 Å². The van der Waals surface area contributed by atoms with Crippen LogP contribution in [0.15, 0.2) is 146 Å². The van der Waals surface area contributed by atoms with Crippen LogP contribution < -0.4 is 0 Å². The summed E-state index contributed by atoms with van der Waals surface area (Å²) in [4.78, 5) is 9.58. The van der Waals surface area contributed by atoms with Gasteiger partial charge in [-0.25, -0.2) is 9.97 Å². The van der Waals surface area contributed by atoms with Crippen LogP contribution in [0.25, 0.3) is 85.1 Å². The average Bonchev–Trinajstić information content (AvgIpc) is 3.67. The Morgan fingerprint density at radius 1 is 0.386 bits per heavy atom.